The van der Waals surface area contributed by atoms with Crippen LogP contribution >= 0.6 is 11.6 Å². The first-order valence-corrected chi connectivity index (χ1v) is 8.64. The van der Waals surface area contributed by atoms with Crippen molar-refractivity contribution in [2.45, 2.75) is 66.2 Å². The Morgan fingerprint density at radius 1 is 0.652 bits per heavy atom. The van der Waals surface area contributed by atoms with Gasteiger partial charge in [-0.05, 0) is 53.0 Å². The van der Waals surface area contributed by atoms with E-state index in [0.717, 1.165) is 5.02 Å². The minimum Gasteiger partial charge on any atom is -0.0840 e. The Bertz CT molecular complexity index is 620. The zero-order valence-electron chi connectivity index (χ0n) is 15.9. The van der Waals surface area contributed by atoms with Crippen molar-refractivity contribution >= 4 is 11.6 Å². The van der Waals surface area contributed by atoms with Crippen LogP contribution in [0, 0.1) is 13.8 Å². The highest BCUT2D eigenvalue weighted by atomic mass is 35.5. The minimum atomic E-state index is 0.141. The zero-order chi connectivity index (χ0) is 17.8. The summed E-state index contributed by atoms with van der Waals surface area (Å²) < 4.78 is 0. The van der Waals surface area contributed by atoms with E-state index in [2.05, 4.69) is 85.7 Å². The summed E-state index contributed by atoms with van der Waals surface area (Å²) in [5, 5.41) is 0.877. The summed E-state index contributed by atoms with van der Waals surface area (Å²) in [5.74, 6) is 0. The van der Waals surface area contributed by atoms with Crippen LogP contribution in [-0.4, -0.2) is 0 Å². The van der Waals surface area contributed by atoms with Crippen LogP contribution in [0.25, 0.3) is 0 Å². The summed E-state index contributed by atoms with van der Waals surface area (Å²) in [6, 6.07) is 14.6. The van der Waals surface area contributed by atoms with E-state index in [9.17, 15) is 0 Å². The molecule has 0 N–H and O–H groups in total. The fourth-order valence-electron chi connectivity index (χ4n) is 3.00. The average Bonchev–Trinajstić information content (AvgIpc) is 2.36. The smallest absolute Gasteiger partial charge is 0.0445 e. The highest BCUT2D eigenvalue weighted by Crippen LogP contribution is 2.31. The molecule has 0 nitrogen and oxygen atoms in total. The van der Waals surface area contributed by atoms with Gasteiger partial charge in [0.15, 0.2) is 0 Å². The van der Waals surface area contributed by atoms with E-state index in [0.29, 0.717) is 0 Å². The van der Waals surface area contributed by atoms with Crippen LogP contribution in [-0.2, 0) is 10.8 Å². The standard InChI is InChI=1S/C11H15Cl.C11H16/c1-8-6-5-7-9(12)10(8)11(2,3)4;1-9-7-5-6-8-10(9)11(2,3)4/h5-7H,1-4H3;5-8H,1-4H3. The molecule has 1 heteroatoms. The fourth-order valence-corrected chi connectivity index (χ4v) is 3.50. The SMILES string of the molecule is Cc1cccc(Cl)c1C(C)(C)C.Cc1ccccc1C(C)(C)C. The first kappa shape index (κ1) is 19.8. The monoisotopic (exact) mass is 330 g/mol. The zero-order valence-corrected chi connectivity index (χ0v) is 16.7. The maximum atomic E-state index is 6.11. The lowest BCUT2D eigenvalue weighted by molar-refractivity contribution is 0.586. The topological polar surface area (TPSA) is 0 Å². The number of hydrogen-bond acceptors (Lipinski definition) is 0. The van der Waals surface area contributed by atoms with Gasteiger partial charge in [0.1, 0.15) is 0 Å². The van der Waals surface area contributed by atoms with Crippen LogP contribution in [0.1, 0.15) is 63.8 Å². The molecule has 0 saturated heterocycles. The Labute approximate surface area is 147 Å². The quantitative estimate of drug-likeness (QED) is 0.477. The van der Waals surface area contributed by atoms with Gasteiger partial charge in [0.25, 0.3) is 0 Å². The van der Waals surface area contributed by atoms with Gasteiger partial charge in [0.05, 0.1) is 0 Å². The van der Waals surface area contributed by atoms with Gasteiger partial charge >= 0.3 is 0 Å². The molecule has 2 aromatic carbocycles. The van der Waals surface area contributed by atoms with E-state index in [1.54, 1.807) is 0 Å². The molecule has 0 bridgehead atoms. The molecule has 2 rings (SSSR count). The van der Waals surface area contributed by atoms with Crippen molar-refractivity contribution in [2.75, 3.05) is 0 Å². The Balaban J connectivity index is 0.000000231. The van der Waals surface area contributed by atoms with Crippen molar-refractivity contribution in [3.8, 4) is 0 Å². The molecule has 23 heavy (non-hydrogen) atoms. The third-order valence-corrected chi connectivity index (χ3v) is 4.24. The van der Waals surface area contributed by atoms with E-state index < -0.39 is 0 Å². The van der Waals surface area contributed by atoms with Crippen LogP contribution in [0.3, 0.4) is 0 Å². The minimum absolute atomic E-state index is 0.141. The second-order valence-corrected chi connectivity index (χ2v) is 8.65. The second-order valence-electron chi connectivity index (χ2n) is 8.25. The lowest BCUT2D eigenvalue weighted by atomic mass is 9.84. The third-order valence-electron chi connectivity index (χ3n) is 3.93. The summed E-state index contributed by atoms with van der Waals surface area (Å²) in [7, 11) is 0. The van der Waals surface area contributed by atoms with Crippen LogP contribution < -0.4 is 0 Å². The van der Waals surface area contributed by atoms with Gasteiger partial charge in [0, 0.05) is 5.02 Å². The van der Waals surface area contributed by atoms with Crippen molar-refractivity contribution in [3.63, 3.8) is 0 Å². The molecule has 0 radical (unpaired) electrons. The maximum Gasteiger partial charge on any atom is 0.0445 e. The van der Waals surface area contributed by atoms with Gasteiger partial charge in [-0.2, -0.15) is 0 Å². The van der Waals surface area contributed by atoms with Crippen molar-refractivity contribution in [3.05, 3.63) is 69.7 Å². The molecule has 126 valence electrons. The molecule has 0 spiro atoms. The lowest BCUT2D eigenvalue weighted by Crippen LogP contribution is -2.13. The predicted molar refractivity (Wildman–Crippen MR) is 105 cm³/mol. The normalized spacial score (nSPS) is 11.7. The summed E-state index contributed by atoms with van der Waals surface area (Å²) in [4.78, 5) is 0. The van der Waals surface area contributed by atoms with Crippen molar-refractivity contribution in [1.29, 1.82) is 0 Å². The Kier molecular flexibility index (Phi) is 6.48. The van der Waals surface area contributed by atoms with Gasteiger partial charge in [-0.25, -0.2) is 0 Å². The van der Waals surface area contributed by atoms with Crippen molar-refractivity contribution in [1.82, 2.24) is 0 Å². The highest BCUT2D eigenvalue weighted by molar-refractivity contribution is 6.31. The summed E-state index contributed by atoms with van der Waals surface area (Å²) in [6.45, 7) is 17.6. The molecule has 0 aliphatic carbocycles. The Morgan fingerprint density at radius 2 is 1.17 bits per heavy atom. The van der Waals surface area contributed by atoms with Gasteiger partial charge in [-0.3, -0.25) is 0 Å². The van der Waals surface area contributed by atoms with Crippen LogP contribution in [0.2, 0.25) is 5.02 Å². The summed E-state index contributed by atoms with van der Waals surface area (Å²) in [5.41, 5.74) is 5.79. The van der Waals surface area contributed by atoms with Gasteiger partial charge in [0.2, 0.25) is 0 Å². The maximum absolute atomic E-state index is 6.11. The largest absolute Gasteiger partial charge is 0.0840 e. The van der Waals surface area contributed by atoms with Crippen LogP contribution in [0.15, 0.2) is 42.5 Å². The van der Waals surface area contributed by atoms with Gasteiger partial charge < -0.3 is 0 Å². The molecule has 0 saturated carbocycles. The Morgan fingerprint density at radius 3 is 1.52 bits per heavy atom. The van der Waals surface area contributed by atoms with E-state index >= 15 is 0 Å². The molecular formula is C22H31Cl. The molecule has 2 aromatic rings. The van der Waals surface area contributed by atoms with Crippen LogP contribution in [0.4, 0.5) is 0 Å². The van der Waals surface area contributed by atoms with Crippen molar-refractivity contribution < 1.29 is 0 Å². The summed E-state index contributed by atoms with van der Waals surface area (Å²) >= 11 is 6.11. The van der Waals surface area contributed by atoms with Crippen LogP contribution in [0.5, 0.6) is 0 Å². The molecular weight excluding hydrogens is 300 g/mol. The molecule has 0 aliphatic heterocycles. The first-order valence-electron chi connectivity index (χ1n) is 8.26. The Hall–Kier alpha value is -1.27. The molecule has 0 amide bonds. The average molecular weight is 331 g/mol. The molecule has 0 fully saturated rings. The fraction of sp³-hybridized carbons (Fsp3) is 0.455. The van der Waals surface area contributed by atoms with Crippen molar-refractivity contribution in [2.24, 2.45) is 0 Å². The van der Waals surface area contributed by atoms with Gasteiger partial charge in [-0.1, -0.05) is 89.5 Å². The molecule has 0 heterocycles. The second kappa shape index (κ2) is 7.53. The number of hydrogen-bond donors (Lipinski definition) is 0. The number of aryl methyl sites for hydroxylation is 2. The number of benzene rings is 2. The van der Waals surface area contributed by atoms with E-state index in [1.165, 1.54) is 22.3 Å². The molecule has 0 atom stereocenters. The molecule has 0 aliphatic rings. The highest BCUT2D eigenvalue weighted by Gasteiger charge is 2.18. The van der Waals surface area contributed by atoms with E-state index in [4.69, 9.17) is 11.6 Å². The summed E-state index contributed by atoms with van der Waals surface area (Å²) in [6.07, 6.45) is 0. The number of rotatable bonds is 0. The van der Waals surface area contributed by atoms with E-state index in [-0.39, 0.29) is 10.8 Å². The third kappa shape index (κ3) is 5.70. The first-order chi connectivity index (χ1) is 10.4. The van der Waals surface area contributed by atoms with Gasteiger partial charge in [-0.15, -0.1) is 0 Å². The molecule has 0 aromatic heterocycles. The van der Waals surface area contributed by atoms with E-state index in [1.807, 2.05) is 12.1 Å². The lowest BCUT2D eigenvalue weighted by Gasteiger charge is -2.22. The predicted octanol–water partition coefficient (Wildman–Crippen LogP) is 7.24. The molecule has 0 unspecified atom stereocenters. The number of halogens is 1.